The van der Waals surface area contributed by atoms with Crippen LogP contribution in [0, 0.1) is 0 Å². The molecule has 86 valence electrons. The molecule has 0 N–H and O–H groups in total. The number of aromatic nitrogens is 5. The Morgan fingerprint density at radius 2 is 2.12 bits per heavy atom. The third-order valence-corrected chi connectivity index (χ3v) is 2.09. The van der Waals surface area contributed by atoms with Crippen molar-refractivity contribution in [3.63, 3.8) is 0 Å². The van der Waals surface area contributed by atoms with Crippen molar-refractivity contribution in [1.82, 2.24) is 20.2 Å². The standard InChI is InChI=1S/C10H14N5.HI/c1-8(2)15-12-10(11-13-15)9-5-4-6-14(3)7-9;/h4-8H,1-3H3;1H/q+1;/p-1. The maximum atomic E-state index is 4.30. The maximum absolute atomic E-state index is 4.30. The third kappa shape index (κ3) is 2.75. The minimum atomic E-state index is 0. The molecular formula is C10H14IN5. The van der Waals surface area contributed by atoms with Crippen molar-refractivity contribution >= 4 is 0 Å². The van der Waals surface area contributed by atoms with Crippen molar-refractivity contribution in [3.8, 4) is 11.4 Å². The van der Waals surface area contributed by atoms with Crippen molar-refractivity contribution in [2.45, 2.75) is 19.9 Å². The predicted molar refractivity (Wildman–Crippen MR) is 54.8 cm³/mol. The second-order valence-corrected chi connectivity index (χ2v) is 3.79. The Hall–Kier alpha value is -1.05. The Morgan fingerprint density at radius 1 is 1.38 bits per heavy atom. The van der Waals surface area contributed by atoms with Crippen molar-refractivity contribution < 1.29 is 28.5 Å². The van der Waals surface area contributed by atoms with E-state index in [4.69, 9.17) is 0 Å². The molecule has 16 heavy (non-hydrogen) atoms. The van der Waals surface area contributed by atoms with Crippen LogP contribution in [-0.2, 0) is 7.05 Å². The second kappa shape index (κ2) is 5.33. The lowest BCUT2D eigenvalue weighted by Crippen LogP contribution is -3.00. The minimum absolute atomic E-state index is 0. The monoisotopic (exact) mass is 331 g/mol. The van der Waals surface area contributed by atoms with Gasteiger partial charge in [-0.3, -0.25) is 0 Å². The first kappa shape index (κ1) is 13.0. The van der Waals surface area contributed by atoms with Crippen molar-refractivity contribution in [1.29, 1.82) is 0 Å². The maximum Gasteiger partial charge on any atom is 0.210 e. The first-order chi connectivity index (χ1) is 7.16. The molecule has 0 atom stereocenters. The summed E-state index contributed by atoms with van der Waals surface area (Å²) in [6.07, 6.45) is 3.94. The molecule has 2 rings (SSSR count). The summed E-state index contributed by atoms with van der Waals surface area (Å²) in [5.74, 6) is 0.667. The van der Waals surface area contributed by atoms with Crippen molar-refractivity contribution in [3.05, 3.63) is 24.5 Å². The van der Waals surface area contributed by atoms with Crippen LogP contribution in [0.5, 0.6) is 0 Å². The van der Waals surface area contributed by atoms with Crippen LogP contribution in [0.1, 0.15) is 19.9 Å². The fourth-order valence-corrected chi connectivity index (χ4v) is 1.28. The molecule has 0 aromatic carbocycles. The van der Waals surface area contributed by atoms with Gasteiger partial charge in [-0.05, 0) is 25.1 Å². The quantitative estimate of drug-likeness (QED) is 0.462. The van der Waals surface area contributed by atoms with Gasteiger partial charge < -0.3 is 24.0 Å². The van der Waals surface area contributed by atoms with Gasteiger partial charge in [0.1, 0.15) is 7.05 Å². The van der Waals surface area contributed by atoms with E-state index in [1.54, 1.807) is 4.80 Å². The van der Waals surface area contributed by atoms with Crippen LogP contribution in [-0.4, -0.2) is 20.2 Å². The summed E-state index contributed by atoms with van der Waals surface area (Å²) >= 11 is 0. The molecule has 0 saturated heterocycles. The van der Waals surface area contributed by atoms with Crippen LogP contribution in [0.25, 0.3) is 11.4 Å². The van der Waals surface area contributed by atoms with Gasteiger partial charge in [-0.2, -0.15) is 4.80 Å². The van der Waals surface area contributed by atoms with Crippen molar-refractivity contribution in [2.75, 3.05) is 0 Å². The molecule has 2 aromatic rings. The van der Waals surface area contributed by atoms with E-state index in [1.807, 2.05) is 50.0 Å². The number of pyridine rings is 1. The van der Waals surface area contributed by atoms with Gasteiger partial charge in [-0.15, -0.1) is 10.2 Å². The summed E-state index contributed by atoms with van der Waals surface area (Å²) in [7, 11) is 1.97. The zero-order chi connectivity index (χ0) is 10.8. The van der Waals surface area contributed by atoms with E-state index in [-0.39, 0.29) is 30.0 Å². The van der Waals surface area contributed by atoms with Crippen LogP contribution in [0.15, 0.2) is 24.5 Å². The summed E-state index contributed by atoms with van der Waals surface area (Å²) in [6.45, 7) is 4.05. The molecule has 0 amide bonds. The predicted octanol–water partition coefficient (Wildman–Crippen LogP) is -2.25. The number of hydrogen-bond acceptors (Lipinski definition) is 3. The topological polar surface area (TPSA) is 47.5 Å². The zero-order valence-corrected chi connectivity index (χ0v) is 11.7. The molecule has 2 aromatic heterocycles. The molecule has 0 aliphatic carbocycles. The summed E-state index contributed by atoms with van der Waals surface area (Å²) in [4.78, 5) is 1.61. The Kier molecular flexibility index (Phi) is 4.34. The molecule has 0 unspecified atom stereocenters. The highest BCUT2D eigenvalue weighted by Crippen LogP contribution is 2.11. The third-order valence-electron chi connectivity index (χ3n) is 2.09. The fourth-order valence-electron chi connectivity index (χ4n) is 1.28. The fraction of sp³-hybridized carbons (Fsp3) is 0.400. The summed E-state index contributed by atoms with van der Waals surface area (Å²) < 4.78 is 1.96. The van der Waals surface area contributed by atoms with Crippen LogP contribution >= 0.6 is 0 Å². The smallest absolute Gasteiger partial charge is 0.210 e. The molecule has 5 nitrogen and oxygen atoms in total. The van der Waals surface area contributed by atoms with Gasteiger partial charge in [0.2, 0.25) is 5.82 Å². The summed E-state index contributed by atoms with van der Waals surface area (Å²) in [5, 5.41) is 12.3. The Balaban J connectivity index is 0.00000128. The average Bonchev–Trinajstić information content (AvgIpc) is 2.66. The van der Waals surface area contributed by atoms with E-state index in [0.29, 0.717) is 5.82 Å². The van der Waals surface area contributed by atoms with E-state index in [0.717, 1.165) is 5.56 Å². The summed E-state index contributed by atoms with van der Waals surface area (Å²) in [5.41, 5.74) is 0.979. The second-order valence-electron chi connectivity index (χ2n) is 3.79. The van der Waals surface area contributed by atoms with Gasteiger partial charge in [-0.25, -0.2) is 4.57 Å². The van der Waals surface area contributed by atoms with Gasteiger partial charge in [-0.1, -0.05) is 0 Å². The Labute approximate surface area is 112 Å². The van der Waals surface area contributed by atoms with Crippen LogP contribution < -0.4 is 28.5 Å². The highest BCUT2D eigenvalue weighted by molar-refractivity contribution is 5.50. The number of tetrazole rings is 1. The first-order valence-electron chi connectivity index (χ1n) is 4.92. The normalized spacial score (nSPS) is 10.2. The molecule has 0 fully saturated rings. The van der Waals surface area contributed by atoms with E-state index in [2.05, 4.69) is 15.4 Å². The van der Waals surface area contributed by atoms with Crippen LogP contribution in [0.3, 0.4) is 0 Å². The lowest BCUT2D eigenvalue weighted by atomic mass is 10.3. The molecule has 0 aliphatic rings. The highest BCUT2D eigenvalue weighted by Gasteiger charge is 2.09. The number of nitrogens with zero attached hydrogens (tertiary/aromatic N) is 5. The van der Waals surface area contributed by atoms with Gasteiger partial charge in [0, 0.05) is 6.07 Å². The Bertz CT molecular complexity index is 466. The largest absolute Gasteiger partial charge is 1.00 e. The van der Waals surface area contributed by atoms with Crippen LogP contribution in [0.2, 0.25) is 0 Å². The summed E-state index contributed by atoms with van der Waals surface area (Å²) in [6, 6.07) is 4.18. The number of aryl methyl sites for hydroxylation is 1. The van der Waals surface area contributed by atoms with Gasteiger partial charge in [0.25, 0.3) is 0 Å². The average molecular weight is 331 g/mol. The van der Waals surface area contributed by atoms with E-state index in [9.17, 15) is 0 Å². The first-order valence-corrected chi connectivity index (χ1v) is 4.92. The Morgan fingerprint density at radius 3 is 2.69 bits per heavy atom. The minimum Gasteiger partial charge on any atom is -1.00 e. The van der Waals surface area contributed by atoms with Gasteiger partial charge in [0.15, 0.2) is 12.4 Å². The highest BCUT2D eigenvalue weighted by atomic mass is 127. The number of rotatable bonds is 2. The van der Waals surface area contributed by atoms with Gasteiger partial charge in [0.05, 0.1) is 11.6 Å². The number of halogens is 1. The molecule has 0 bridgehead atoms. The molecular weight excluding hydrogens is 317 g/mol. The van der Waals surface area contributed by atoms with E-state index < -0.39 is 0 Å². The zero-order valence-electron chi connectivity index (χ0n) is 9.50. The van der Waals surface area contributed by atoms with Crippen LogP contribution in [0.4, 0.5) is 0 Å². The molecule has 2 heterocycles. The van der Waals surface area contributed by atoms with E-state index >= 15 is 0 Å². The molecule has 6 heteroatoms. The molecule has 0 saturated carbocycles. The number of hydrogen-bond donors (Lipinski definition) is 0. The SMILES string of the molecule is CC(C)n1nnc(-c2ccc[n+](C)c2)n1.[I-]. The van der Waals surface area contributed by atoms with E-state index in [1.165, 1.54) is 0 Å². The lowest BCUT2D eigenvalue weighted by molar-refractivity contribution is -0.671. The van der Waals surface area contributed by atoms with Crippen molar-refractivity contribution in [2.24, 2.45) is 7.05 Å². The lowest BCUT2D eigenvalue weighted by Gasteiger charge is -1.98. The molecule has 0 spiro atoms. The molecule has 0 aliphatic heterocycles. The molecule has 0 radical (unpaired) electrons. The van der Waals surface area contributed by atoms with Gasteiger partial charge >= 0.3 is 0 Å².